The number of hydrogen-bond donors (Lipinski definition) is 1. The van der Waals surface area contributed by atoms with Crippen molar-refractivity contribution >= 4 is 23.1 Å². The molecule has 1 aromatic rings. The summed E-state index contributed by atoms with van der Waals surface area (Å²) in [7, 11) is 2.01. The first kappa shape index (κ1) is 29.1. The maximum absolute atomic E-state index is 13.1. The number of carboxylic acid groups (broad SMARTS) is 1. The van der Waals surface area contributed by atoms with E-state index in [0.717, 1.165) is 23.6 Å². The molecular weight excluding hydrogens is 466 g/mol. The van der Waals surface area contributed by atoms with Crippen molar-refractivity contribution in [3.05, 3.63) is 69.8 Å². The number of rotatable bonds is 15. The van der Waals surface area contributed by atoms with Gasteiger partial charge in [0.15, 0.2) is 0 Å². The number of nitriles is 1. The van der Waals surface area contributed by atoms with Gasteiger partial charge >= 0.3 is 5.97 Å². The second-order valence-corrected chi connectivity index (χ2v) is 9.19. The average Bonchev–Trinajstić information content (AvgIpc) is 3.16. The van der Waals surface area contributed by atoms with E-state index >= 15 is 0 Å². The zero-order chi connectivity index (χ0) is 27.2. The Bertz CT molecular complexity index is 1130. The lowest BCUT2D eigenvalue weighted by Gasteiger charge is -2.20. The van der Waals surface area contributed by atoms with Gasteiger partial charge in [-0.2, -0.15) is 0 Å². The first-order chi connectivity index (χ1) is 17.9. The predicted octanol–water partition coefficient (Wildman–Crippen LogP) is 6.26. The summed E-state index contributed by atoms with van der Waals surface area (Å²) in [5, 5.41) is 18.6. The molecule has 0 spiro atoms. The third-order valence-corrected chi connectivity index (χ3v) is 6.48. The van der Waals surface area contributed by atoms with Gasteiger partial charge < -0.3 is 14.9 Å². The van der Waals surface area contributed by atoms with Crippen molar-refractivity contribution in [2.45, 2.75) is 71.1 Å². The Morgan fingerprint density at radius 1 is 1.03 bits per heavy atom. The van der Waals surface area contributed by atoms with Crippen LogP contribution >= 0.6 is 0 Å². The molecule has 1 aliphatic heterocycles. The number of unbranched alkanes of at least 4 members (excludes halogenated alkanes) is 9. The van der Waals surface area contributed by atoms with E-state index in [-0.39, 0.29) is 17.0 Å². The van der Waals surface area contributed by atoms with Gasteiger partial charge in [0.2, 0.25) is 11.6 Å². The molecule has 0 aromatic heterocycles. The zero-order valence-corrected chi connectivity index (χ0v) is 21.8. The number of carboxylic acids is 1. The van der Waals surface area contributed by atoms with Crippen molar-refractivity contribution < 1.29 is 14.7 Å². The number of nitrogens with zero attached hydrogens (tertiary/aromatic N) is 5. The molecule has 0 bridgehead atoms. The maximum Gasteiger partial charge on any atom is 0.323 e. The number of carbonyl (C=O) groups is 2. The summed E-state index contributed by atoms with van der Waals surface area (Å²) in [6.45, 7) is 17.2. The van der Waals surface area contributed by atoms with Crippen molar-refractivity contribution in [1.29, 1.82) is 5.26 Å². The van der Waals surface area contributed by atoms with Gasteiger partial charge in [-0.3, -0.25) is 9.59 Å². The number of anilines is 1. The molecule has 0 unspecified atom stereocenters. The summed E-state index contributed by atoms with van der Waals surface area (Å²) < 4.78 is 0. The molecule has 8 heteroatoms. The Hall–Kier alpha value is -4.09. The van der Waals surface area contributed by atoms with Gasteiger partial charge in [-0.05, 0) is 24.1 Å². The van der Waals surface area contributed by atoms with Gasteiger partial charge in [-0.1, -0.05) is 76.8 Å². The van der Waals surface area contributed by atoms with Crippen LogP contribution in [0.25, 0.3) is 15.3 Å². The summed E-state index contributed by atoms with van der Waals surface area (Å²) in [4.78, 5) is 33.9. The molecule has 194 valence electrons. The number of allylic oxidation sites excluding steroid dienone is 1. The molecule has 0 radical (unpaired) electrons. The molecule has 1 heterocycles. The van der Waals surface area contributed by atoms with Crippen LogP contribution < -0.4 is 4.90 Å². The first-order valence-corrected chi connectivity index (χ1v) is 12.9. The summed E-state index contributed by atoms with van der Waals surface area (Å²) >= 11 is 0. The van der Waals surface area contributed by atoms with Crippen LogP contribution in [-0.4, -0.2) is 42.0 Å². The summed E-state index contributed by atoms with van der Waals surface area (Å²) in [5.41, 5.74) is 0.518. The van der Waals surface area contributed by atoms with Crippen molar-refractivity contribution in [3.63, 3.8) is 0 Å². The third kappa shape index (κ3) is 7.95. The highest BCUT2D eigenvalue weighted by molar-refractivity contribution is 6.25. The second-order valence-electron chi connectivity index (χ2n) is 9.19. The van der Waals surface area contributed by atoms with Crippen LogP contribution in [-0.2, 0) is 9.59 Å². The Morgan fingerprint density at radius 3 is 2.08 bits per heavy atom. The minimum absolute atomic E-state index is 0.00606. The van der Waals surface area contributed by atoms with Crippen molar-refractivity contribution in [2.24, 2.45) is 0 Å². The van der Waals surface area contributed by atoms with E-state index in [2.05, 4.69) is 21.5 Å². The smallest absolute Gasteiger partial charge is 0.323 e. The van der Waals surface area contributed by atoms with Gasteiger partial charge in [0, 0.05) is 19.3 Å². The molecule has 1 amide bonds. The molecule has 0 atom stereocenters. The van der Waals surface area contributed by atoms with E-state index in [1.807, 2.05) is 19.2 Å². The fraction of sp³-hybridized carbons (Fsp3) is 0.483. The molecule has 8 nitrogen and oxygen atoms in total. The molecule has 37 heavy (non-hydrogen) atoms. The molecule has 1 N–H and O–H groups in total. The number of hydrogen-bond acceptors (Lipinski definition) is 4. The summed E-state index contributed by atoms with van der Waals surface area (Å²) in [6.07, 6.45) is 12.8. The quantitative estimate of drug-likeness (QED) is 0.174. The molecule has 0 saturated carbocycles. The topological polar surface area (TPSA) is 93.4 Å². The van der Waals surface area contributed by atoms with Gasteiger partial charge in [0.05, 0.1) is 30.5 Å². The van der Waals surface area contributed by atoms with Gasteiger partial charge in [0.1, 0.15) is 6.54 Å². The monoisotopic (exact) mass is 501 g/mol. The Labute approximate surface area is 220 Å². The van der Waals surface area contributed by atoms with E-state index in [0.29, 0.717) is 5.56 Å². The lowest BCUT2D eigenvalue weighted by Crippen LogP contribution is -2.31. The molecule has 0 aliphatic carbocycles. The van der Waals surface area contributed by atoms with Gasteiger partial charge in [-0.15, -0.1) is 0 Å². The first-order valence-electron chi connectivity index (χ1n) is 12.9. The number of aliphatic carboxylic acids is 1. The van der Waals surface area contributed by atoms with Crippen molar-refractivity contribution in [1.82, 2.24) is 4.90 Å². The minimum Gasteiger partial charge on any atom is -0.480 e. The van der Waals surface area contributed by atoms with E-state index in [1.165, 1.54) is 57.8 Å². The van der Waals surface area contributed by atoms with Crippen LogP contribution in [0.15, 0.2) is 41.4 Å². The predicted molar refractivity (Wildman–Crippen MR) is 144 cm³/mol. The van der Waals surface area contributed by atoms with Crippen LogP contribution in [0.4, 0.5) is 5.69 Å². The highest BCUT2D eigenvalue weighted by Gasteiger charge is 2.39. The average molecular weight is 502 g/mol. The fourth-order valence-corrected chi connectivity index (χ4v) is 4.46. The highest BCUT2D eigenvalue weighted by atomic mass is 16.4. The molecular formula is C29H35N5O3. The molecule has 1 aliphatic rings. The van der Waals surface area contributed by atoms with Crippen LogP contribution in [0, 0.1) is 24.5 Å². The number of amides is 1. The molecule has 0 saturated heterocycles. The number of carbonyl (C=O) groups excluding carboxylic acids is 1. The molecule has 0 fully saturated rings. The summed E-state index contributed by atoms with van der Waals surface area (Å²) in [5.74, 6) is -2.01. The Kier molecular flexibility index (Phi) is 11.9. The van der Waals surface area contributed by atoms with Crippen LogP contribution in [0.1, 0.15) is 76.7 Å². The van der Waals surface area contributed by atoms with Crippen molar-refractivity contribution in [3.8, 4) is 6.07 Å². The van der Waals surface area contributed by atoms with E-state index in [4.69, 9.17) is 13.1 Å². The second kappa shape index (κ2) is 15.1. The van der Waals surface area contributed by atoms with E-state index in [9.17, 15) is 20.0 Å². The zero-order valence-electron chi connectivity index (χ0n) is 21.8. The fourth-order valence-electron chi connectivity index (χ4n) is 4.46. The Balaban J connectivity index is 2.04. The standard InChI is InChI=1S/C29H35N5O3/c1-5-6-7-8-9-10-11-12-13-14-19-33(4)23-17-15-22(16-18-23)26-27(32-3)28(24(20-30)31-2)34(29(26)37)21-25(35)36/h15-18H,5-14,19,21H2,1,4H3,(H,35,36)/b28-24+. The lowest BCUT2D eigenvalue weighted by atomic mass is 10.0. The Morgan fingerprint density at radius 2 is 1.59 bits per heavy atom. The van der Waals surface area contributed by atoms with Crippen LogP contribution in [0.2, 0.25) is 0 Å². The SMILES string of the molecule is [C-]#[N+]C1=C(c2ccc(N(C)CCCCCCCCCCCC)cc2)C(=O)N(CC(=O)O)/C1=C(\C#N)[N+]#[C-]. The van der Waals surface area contributed by atoms with Gasteiger partial charge in [0.25, 0.3) is 5.70 Å². The van der Waals surface area contributed by atoms with Gasteiger partial charge in [-0.25, -0.2) is 15.0 Å². The van der Waals surface area contributed by atoms with E-state index in [1.54, 1.807) is 18.2 Å². The summed E-state index contributed by atoms with van der Waals surface area (Å²) in [6, 6.07) is 8.83. The normalized spacial score (nSPS) is 14.2. The lowest BCUT2D eigenvalue weighted by molar-refractivity contribution is -0.141. The van der Waals surface area contributed by atoms with Crippen molar-refractivity contribution in [2.75, 3.05) is 25.0 Å². The van der Waals surface area contributed by atoms with Crippen LogP contribution in [0.5, 0.6) is 0 Å². The minimum atomic E-state index is -1.30. The number of benzene rings is 1. The third-order valence-electron chi connectivity index (χ3n) is 6.48. The highest BCUT2D eigenvalue weighted by Crippen LogP contribution is 2.38. The molecule has 2 rings (SSSR count). The molecule has 1 aromatic carbocycles. The van der Waals surface area contributed by atoms with E-state index < -0.39 is 24.1 Å². The van der Waals surface area contributed by atoms with Crippen LogP contribution in [0.3, 0.4) is 0 Å². The maximum atomic E-state index is 13.1. The largest absolute Gasteiger partial charge is 0.480 e.